The smallest absolute Gasteiger partial charge is 0.328 e. The van der Waals surface area contributed by atoms with E-state index in [0.29, 0.717) is 31.6 Å². The monoisotopic (exact) mass is 632 g/mol. The van der Waals surface area contributed by atoms with Crippen molar-refractivity contribution in [2.45, 2.75) is 109 Å². The molecule has 4 aliphatic rings. The molecule has 248 valence electrons. The number of halogens is 1. The van der Waals surface area contributed by atoms with Crippen molar-refractivity contribution in [3.63, 3.8) is 0 Å². The van der Waals surface area contributed by atoms with Crippen molar-refractivity contribution >= 4 is 29.1 Å². The van der Waals surface area contributed by atoms with Gasteiger partial charge in [-0.1, -0.05) is 31.4 Å². The van der Waals surface area contributed by atoms with Crippen LogP contribution in [0.4, 0.5) is 20.6 Å². The molecule has 1 saturated carbocycles. The number of aliphatic imine (C=N–C) groups is 1. The Kier molecular flexibility index (Phi) is 9.82. The van der Waals surface area contributed by atoms with E-state index >= 15 is 4.39 Å². The van der Waals surface area contributed by atoms with Crippen molar-refractivity contribution in [2.75, 3.05) is 36.0 Å². The van der Waals surface area contributed by atoms with Gasteiger partial charge >= 0.3 is 6.03 Å². The fraction of sp³-hybridized carbons (Fsp3) is 0.583. The van der Waals surface area contributed by atoms with Crippen LogP contribution in [0.15, 0.2) is 47.5 Å². The van der Waals surface area contributed by atoms with Crippen molar-refractivity contribution in [1.29, 1.82) is 0 Å². The van der Waals surface area contributed by atoms with E-state index < -0.39 is 5.54 Å². The molecule has 1 spiro atoms. The molecular formula is C36H49FN6O3. The SMILES string of the molecule is CC(=O)NC1CCN(c2ccc(F)cc2N2C(=O)NC(=NC3CCCCC3)C23CCN(Cc2cccc(OC(C)C)c2)CC3)CC1. The molecule has 0 radical (unpaired) electrons. The third-order valence-electron chi connectivity index (χ3n) is 9.96. The van der Waals surface area contributed by atoms with Gasteiger partial charge < -0.3 is 15.0 Å². The number of nitrogens with one attached hydrogen (secondary N) is 2. The van der Waals surface area contributed by atoms with Crippen molar-refractivity contribution < 1.29 is 18.7 Å². The van der Waals surface area contributed by atoms with Gasteiger partial charge in [0.2, 0.25) is 5.91 Å². The first-order valence-electron chi connectivity index (χ1n) is 17.2. The summed E-state index contributed by atoms with van der Waals surface area (Å²) in [5.41, 5.74) is 1.96. The molecule has 3 amide bonds. The zero-order chi connectivity index (χ0) is 32.3. The highest BCUT2D eigenvalue weighted by Gasteiger charge is 2.54. The Bertz CT molecular complexity index is 1420. The minimum absolute atomic E-state index is 0.0238. The molecule has 46 heavy (non-hydrogen) atoms. The number of rotatable bonds is 8. The standard InChI is InChI=1S/C36H49FN6O3/c1-25(2)46-31-11-7-8-27(22-31)24-41-20-16-36(17-21-41)34(39-29-9-5-4-6-10-29)40-35(45)43(36)33-23-28(37)12-13-32(33)42-18-14-30(15-19-42)38-26(3)44/h7-8,11-13,22-23,25,29-30H,4-6,9-10,14-21,24H2,1-3H3,(H,38,44)(H,39,40,45). The van der Waals surface area contributed by atoms with E-state index in [1.54, 1.807) is 6.92 Å². The molecule has 0 atom stereocenters. The third kappa shape index (κ3) is 7.17. The van der Waals surface area contributed by atoms with Crippen LogP contribution in [0.1, 0.15) is 84.1 Å². The van der Waals surface area contributed by atoms with E-state index in [2.05, 4.69) is 32.6 Å². The maximum atomic E-state index is 15.1. The highest BCUT2D eigenvalue weighted by Crippen LogP contribution is 2.43. The van der Waals surface area contributed by atoms with Gasteiger partial charge in [0.1, 0.15) is 22.9 Å². The molecule has 9 nitrogen and oxygen atoms in total. The Morgan fingerprint density at radius 2 is 1.76 bits per heavy atom. The average molecular weight is 633 g/mol. The number of carbonyl (C=O) groups excluding carboxylic acids is 2. The maximum Gasteiger partial charge on any atom is 0.328 e. The summed E-state index contributed by atoms with van der Waals surface area (Å²) in [6, 6.07) is 13.2. The van der Waals surface area contributed by atoms with Crippen molar-refractivity contribution in [3.8, 4) is 5.75 Å². The van der Waals surface area contributed by atoms with Gasteiger partial charge in [0.05, 0.1) is 23.5 Å². The molecule has 10 heteroatoms. The van der Waals surface area contributed by atoms with Crippen LogP contribution >= 0.6 is 0 Å². The normalized spacial score (nSPS) is 22.1. The highest BCUT2D eigenvalue weighted by molar-refractivity contribution is 6.20. The van der Waals surface area contributed by atoms with E-state index in [0.717, 1.165) is 75.4 Å². The fourth-order valence-electron chi connectivity index (χ4n) is 7.74. The van der Waals surface area contributed by atoms with Gasteiger partial charge in [0, 0.05) is 45.7 Å². The number of hydrogen-bond donors (Lipinski definition) is 2. The van der Waals surface area contributed by atoms with Gasteiger partial charge in [-0.05, 0) is 88.3 Å². The number of piperidine rings is 2. The molecule has 3 heterocycles. The van der Waals surface area contributed by atoms with Crippen LogP contribution in [-0.2, 0) is 11.3 Å². The number of benzene rings is 2. The lowest BCUT2D eigenvalue weighted by molar-refractivity contribution is -0.119. The zero-order valence-corrected chi connectivity index (χ0v) is 27.6. The number of carbonyl (C=O) groups is 2. The van der Waals surface area contributed by atoms with Crippen LogP contribution in [0.25, 0.3) is 0 Å². The second-order valence-electron chi connectivity index (χ2n) is 13.8. The molecular weight excluding hydrogens is 583 g/mol. The number of amides is 3. The van der Waals surface area contributed by atoms with E-state index in [-0.39, 0.29) is 35.9 Å². The number of likely N-dealkylation sites (tertiary alicyclic amines) is 1. The second kappa shape index (κ2) is 14.0. The number of urea groups is 1. The average Bonchev–Trinajstić information content (AvgIpc) is 3.28. The summed E-state index contributed by atoms with van der Waals surface area (Å²) in [6.45, 7) is 9.37. The maximum absolute atomic E-state index is 15.1. The molecule has 2 aromatic rings. The van der Waals surface area contributed by atoms with Crippen LogP contribution in [-0.4, -0.2) is 72.6 Å². The van der Waals surface area contributed by atoms with Gasteiger partial charge in [-0.25, -0.2) is 9.18 Å². The number of amidine groups is 1. The Morgan fingerprint density at radius 1 is 1.02 bits per heavy atom. The summed E-state index contributed by atoms with van der Waals surface area (Å²) in [6.07, 6.45) is 8.69. The predicted octanol–water partition coefficient (Wildman–Crippen LogP) is 6.01. The fourth-order valence-corrected chi connectivity index (χ4v) is 7.74. The Labute approximate surface area is 272 Å². The molecule has 0 unspecified atom stereocenters. The quantitative estimate of drug-likeness (QED) is 0.372. The molecule has 0 bridgehead atoms. The first kappa shape index (κ1) is 32.3. The summed E-state index contributed by atoms with van der Waals surface area (Å²) in [7, 11) is 0. The van der Waals surface area contributed by atoms with Crippen LogP contribution < -0.4 is 25.2 Å². The Balaban J connectivity index is 1.28. The predicted molar refractivity (Wildman–Crippen MR) is 180 cm³/mol. The molecule has 0 aromatic heterocycles. The van der Waals surface area contributed by atoms with Gasteiger partial charge in [-0.2, -0.15) is 0 Å². The summed E-state index contributed by atoms with van der Waals surface area (Å²) >= 11 is 0. The van der Waals surface area contributed by atoms with Crippen LogP contribution in [0, 0.1) is 5.82 Å². The van der Waals surface area contributed by atoms with Crippen molar-refractivity contribution in [2.24, 2.45) is 4.99 Å². The van der Waals surface area contributed by atoms with E-state index in [1.165, 1.54) is 24.1 Å². The number of ether oxygens (including phenoxy) is 1. The second-order valence-corrected chi connectivity index (χ2v) is 13.8. The first-order chi connectivity index (χ1) is 22.2. The van der Waals surface area contributed by atoms with Gasteiger partial charge in [-0.15, -0.1) is 0 Å². The number of anilines is 2. The topological polar surface area (TPSA) is 89.5 Å². The van der Waals surface area contributed by atoms with Gasteiger partial charge in [0.15, 0.2) is 0 Å². The van der Waals surface area contributed by atoms with E-state index in [4.69, 9.17) is 9.73 Å². The van der Waals surface area contributed by atoms with Crippen LogP contribution in [0.2, 0.25) is 0 Å². The van der Waals surface area contributed by atoms with Gasteiger partial charge in [-0.3, -0.25) is 24.9 Å². The molecule has 3 saturated heterocycles. The van der Waals surface area contributed by atoms with Crippen LogP contribution in [0.5, 0.6) is 5.75 Å². The molecule has 6 rings (SSSR count). The summed E-state index contributed by atoms with van der Waals surface area (Å²) in [4.78, 5) is 37.4. The highest BCUT2D eigenvalue weighted by atomic mass is 19.1. The summed E-state index contributed by atoms with van der Waals surface area (Å²) in [5, 5.41) is 6.23. The Hall–Kier alpha value is -3.66. The Morgan fingerprint density at radius 3 is 2.46 bits per heavy atom. The zero-order valence-electron chi connectivity index (χ0n) is 27.6. The van der Waals surface area contributed by atoms with Gasteiger partial charge in [0.25, 0.3) is 0 Å². The third-order valence-corrected chi connectivity index (χ3v) is 9.96. The summed E-state index contributed by atoms with van der Waals surface area (Å²) < 4.78 is 21.0. The van der Waals surface area contributed by atoms with Crippen molar-refractivity contribution in [1.82, 2.24) is 15.5 Å². The summed E-state index contributed by atoms with van der Waals surface area (Å²) in [5.74, 6) is 1.23. The first-order valence-corrected chi connectivity index (χ1v) is 17.2. The number of hydrogen-bond acceptors (Lipinski definition) is 6. The molecule has 2 aromatic carbocycles. The van der Waals surface area contributed by atoms with E-state index in [1.807, 2.05) is 36.9 Å². The lowest BCUT2D eigenvalue weighted by atomic mass is 9.84. The molecule has 1 aliphatic carbocycles. The number of nitrogens with zero attached hydrogens (tertiary/aromatic N) is 4. The van der Waals surface area contributed by atoms with E-state index in [9.17, 15) is 9.59 Å². The lowest BCUT2D eigenvalue weighted by Gasteiger charge is -2.45. The molecule has 2 N–H and O–H groups in total. The van der Waals surface area contributed by atoms with Crippen LogP contribution in [0.3, 0.4) is 0 Å². The molecule has 4 fully saturated rings. The lowest BCUT2D eigenvalue weighted by Crippen LogP contribution is -2.57. The largest absolute Gasteiger partial charge is 0.491 e. The van der Waals surface area contributed by atoms with Crippen molar-refractivity contribution in [3.05, 3.63) is 53.8 Å². The molecule has 3 aliphatic heterocycles. The minimum atomic E-state index is -0.676. The minimum Gasteiger partial charge on any atom is -0.491 e.